The summed E-state index contributed by atoms with van der Waals surface area (Å²) < 4.78 is 0. The summed E-state index contributed by atoms with van der Waals surface area (Å²) in [4.78, 5) is 24.4. The largest absolute Gasteiger partial charge is 0.480 e. The van der Waals surface area contributed by atoms with Crippen LogP contribution in [0.15, 0.2) is 67.3 Å². The van der Waals surface area contributed by atoms with Crippen LogP contribution in [-0.4, -0.2) is 23.0 Å². The summed E-state index contributed by atoms with van der Waals surface area (Å²) in [7, 11) is 0. The Labute approximate surface area is 145 Å². The number of rotatable bonds is 6. The van der Waals surface area contributed by atoms with Gasteiger partial charge in [-0.25, -0.2) is 4.79 Å². The van der Waals surface area contributed by atoms with E-state index in [0.29, 0.717) is 18.4 Å². The molecule has 4 heteroatoms. The lowest BCUT2D eigenvalue weighted by atomic mass is 9.96. The maximum Gasteiger partial charge on any atom is 0.326 e. The van der Waals surface area contributed by atoms with E-state index in [9.17, 15) is 14.7 Å². The van der Waals surface area contributed by atoms with E-state index in [-0.39, 0.29) is 5.91 Å². The van der Waals surface area contributed by atoms with E-state index in [1.165, 1.54) is 0 Å². The molecule has 0 aliphatic carbocycles. The number of carbonyl (C=O) groups is 2. The van der Waals surface area contributed by atoms with Crippen molar-refractivity contribution in [1.82, 2.24) is 5.32 Å². The van der Waals surface area contributed by atoms with Gasteiger partial charge in [0.1, 0.15) is 6.04 Å². The van der Waals surface area contributed by atoms with Crippen molar-refractivity contribution in [3.63, 3.8) is 0 Å². The first-order valence-corrected chi connectivity index (χ1v) is 8.17. The van der Waals surface area contributed by atoms with Gasteiger partial charge in [0.15, 0.2) is 0 Å². The summed E-state index contributed by atoms with van der Waals surface area (Å²) >= 11 is 0. The van der Waals surface area contributed by atoms with E-state index in [1.54, 1.807) is 6.08 Å². The topological polar surface area (TPSA) is 66.4 Å². The Balaban J connectivity index is 2.10. The van der Waals surface area contributed by atoms with Gasteiger partial charge >= 0.3 is 5.97 Å². The molecule has 0 heterocycles. The summed E-state index contributed by atoms with van der Waals surface area (Å²) in [6.45, 7) is 3.61. The number of carboxylic acid groups (broad SMARTS) is 1. The Morgan fingerprint density at radius 1 is 1.04 bits per heavy atom. The zero-order chi connectivity index (χ0) is 17.8. The van der Waals surface area contributed by atoms with Crippen LogP contribution in [0.2, 0.25) is 0 Å². The van der Waals surface area contributed by atoms with Crippen LogP contribution in [0.3, 0.4) is 0 Å². The van der Waals surface area contributed by atoms with Crippen molar-refractivity contribution in [3.8, 4) is 0 Å². The number of carbonyl (C=O) groups excluding carboxylic acids is 1. The van der Waals surface area contributed by atoms with Crippen LogP contribution in [0.25, 0.3) is 21.5 Å². The van der Waals surface area contributed by atoms with Gasteiger partial charge in [-0.2, -0.15) is 0 Å². The Kier molecular flexibility index (Phi) is 4.80. The molecule has 0 aliphatic rings. The highest BCUT2D eigenvalue weighted by atomic mass is 16.4. The number of carboxylic acids is 1. The van der Waals surface area contributed by atoms with E-state index in [2.05, 4.69) is 11.9 Å². The van der Waals surface area contributed by atoms with Crippen molar-refractivity contribution in [3.05, 3.63) is 72.8 Å². The predicted molar refractivity (Wildman–Crippen MR) is 99.8 cm³/mol. The van der Waals surface area contributed by atoms with E-state index in [4.69, 9.17) is 0 Å². The smallest absolute Gasteiger partial charge is 0.326 e. The molecular formula is C21H19NO3. The van der Waals surface area contributed by atoms with Crippen LogP contribution in [-0.2, 0) is 4.79 Å². The summed E-state index contributed by atoms with van der Waals surface area (Å²) in [5.41, 5.74) is 0.513. The number of amides is 1. The van der Waals surface area contributed by atoms with Gasteiger partial charge in [0.05, 0.1) is 5.56 Å². The zero-order valence-electron chi connectivity index (χ0n) is 13.7. The van der Waals surface area contributed by atoms with Gasteiger partial charge in [-0.3, -0.25) is 4.79 Å². The molecule has 3 aromatic rings. The Hall–Kier alpha value is -3.14. The molecule has 0 aromatic heterocycles. The van der Waals surface area contributed by atoms with Crippen molar-refractivity contribution in [2.75, 3.05) is 0 Å². The zero-order valence-corrected chi connectivity index (χ0v) is 13.7. The minimum absolute atomic E-state index is 0.313. The Bertz CT molecular complexity index is 908. The molecule has 3 aromatic carbocycles. The molecule has 0 spiro atoms. The number of hydrogen-bond acceptors (Lipinski definition) is 2. The molecule has 0 saturated heterocycles. The fraction of sp³-hybridized carbons (Fsp3) is 0.143. The minimum Gasteiger partial charge on any atom is -0.480 e. The van der Waals surface area contributed by atoms with Gasteiger partial charge in [0, 0.05) is 0 Å². The van der Waals surface area contributed by atoms with Crippen LogP contribution in [0, 0.1) is 0 Å². The number of allylic oxidation sites excluding steroid dienone is 1. The highest BCUT2D eigenvalue weighted by Gasteiger charge is 2.22. The quantitative estimate of drug-likeness (QED) is 0.526. The third kappa shape index (κ3) is 3.38. The molecule has 25 heavy (non-hydrogen) atoms. The molecule has 0 unspecified atom stereocenters. The van der Waals surface area contributed by atoms with Gasteiger partial charge in [-0.05, 0) is 40.5 Å². The first-order valence-electron chi connectivity index (χ1n) is 8.17. The van der Waals surface area contributed by atoms with Crippen molar-refractivity contribution >= 4 is 33.4 Å². The van der Waals surface area contributed by atoms with Gasteiger partial charge in [0.2, 0.25) is 0 Å². The van der Waals surface area contributed by atoms with Crippen molar-refractivity contribution in [2.24, 2.45) is 0 Å². The lowest BCUT2D eigenvalue weighted by Gasteiger charge is -2.16. The summed E-state index contributed by atoms with van der Waals surface area (Å²) in [6, 6.07) is 16.4. The van der Waals surface area contributed by atoms with Crippen LogP contribution in [0.1, 0.15) is 23.2 Å². The molecule has 126 valence electrons. The molecule has 0 radical (unpaired) electrons. The van der Waals surface area contributed by atoms with E-state index in [0.717, 1.165) is 21.5 Å². The average Bonchev–Trinajstić information content (AvgIpc) is 2.62. The summed E-state index contributed by atoms with van der Waals surface area (Å²) in [5, 5.41) is 15.6. The molecule has 0 bridgehead atoms. The van der Waals surface area contributed by atoms with Crippen LogP contribution >= 0.6 is 0 Å². The first-order chi connectivity index (χ1) is 12.1. The molecule has 1 amide bonds. The second-order valence-electron chi connectivity index (χ2n) is 5.92. The molecule has 0 aliphatic heterocycles. The van der Waals surface area contributed by atoms with Crippen LogP contribution in [0.5, 0.6) is 0 Å². The number of nitrogens with one attached hydrogen (secondary N) is 1. The lowest BCUT2D eigenvalue weighted by molar-refractivity contribution is -0.139. The van der Waals surface area contributed by atoms with Crippen molar-refractivity contribution < 1.29 is 14.7 Å². The second kappa shape index (κ2) is 7.18. The maximum atomic E-state index is 13.0. The fourth-order valence-electron chi connectivity index (χ4n) is 3.03. The summed E-state index contributed by atoms with van der Waals surface area (Å²) in [5.74, 6) is -1.41. The monoisotopic (exact) mass is 333 g/mol. The van der Waals surface area contributed by atoms with Crippen LogP contribution in [0.4, 0.5) is 0 Å². The van der Waals surface area contributed by atoms with Crippen LogP contribution < -0.4 is 5.32 Å². The predicted octanol–water partition coefficient (Wildman–Crippen LogP) is 4.14. The molecule has 1 atom stereocenters. The molecule has 0 fully saturated rings. The van der Waals surface area contributed by atoms with Gasteiger partial charge in [0.25, 0.3) is 5.91 Å². The molecule has 2 N–H and O–H groups in total. The minimum atomic E-state index is -1.04. The SMILES string of the molecule is C=CCC[C@@H](NC(=O)c1c2ccccc2cc2ccccc12)C(=O)O. The molecular weight excluding hydrogens is 314 g/mol. The number of fused-ring (bicyclic) bond motifs is 2. The van der Waals surface area contributed by atoms with E-state index in [1.807, 2.05) is 54.6 Å². The summed E-state index contributed by atoms with van der Waals surface area (Å²) in [6.07, 6.45) is 2.48. The fourth-order valence-corrected chi connectivity index (χ4v) is 3.03. The van der Waals surface area contributed by atoms with Crippen molar-refractivity contribution in [2.45, 2.75) is 18.9 Å². The normalized spacial score (nSPS) is 12.0. The number of aliphatic carboxylic acids is 1. The molecule has 0 saturated carbocycles. The molecule has 3 rings (SSSR count). The standard InChI is InChI=1S/C21H19NO3/c1-2-3-12-18(21(24)25)22-20(23)19-16-10-6-4-8-14(16)13-15-9-5-7-11-17(15)19/h2,4-11,13,18H,1,3,12H2,(H,22,23)(H,24,25)/t18-/m1/s1. The average molecular weight is 333 g/mol. The third-order valence-electron chi connectivity index (χ3n) is 4.26. The highest BCUT2D eigenvalue weighted by Crippen LogP contribution is 2.28. The van der Waals surface area contributed by atoms with Gasteiger partial charge in [-0.15, -0.1) is 6.58 Å². The van der Waals surface area contributed by atoms with Crippen molar-refractivity contribution in [1.29, 1.82) is 0 Å². The first kappa shape index (κ1) is 16.7. The lowest BCUT2D eigenvalue weighted by Crippen LogP contribution is -2.40. The number of hydrogen-bond donors (Lipinski definition) is 2. The Morgan fingerprint density at radius 3 is 2.12 bits per heavy atom. The second-order valence-corrected chi connectivity index (χ2v) is 5.92. The number of benzene rings is 3. The van der Waals surface area contributed by atoms with Gasteiger partial charge < -0.3 is 10.4 Å². The Morgan fingerprint density at radius 2 is 1.60 bits per heavy atom. The maximum absolute atomic E-state index is 13.0. The van der Waals surface area contributed by atoms with Gasteiger partial charge in [-0.1, -0.05) is 54.6 Å². The van der Waals surface area contributed by atoms with E-state index >= 15 is 0 Å². The highest BCUT2D eigenvalue weighted by molar-refractivity contribution is 6.18. The van der Waals surface area contributed by atoms with E-state index < -0.39 is 12.0 Å². The molecule has 4 nitrogen and oxygen atoms in total. The third-order valence-corrected chi connectivity index (χ3v) is 4.26.